The van der Waals surface area contributed by atoms with Crippen LogP contribution in [0.2, 0.25) is 5.02 Å². The molecule has 6 heteroatoms. The van der Waals surface area contributed by atoms with E-state index in [0.29, 0.717) is 24.5 Å². The summed E-state index contributed by atoms with van der Waals surface area (Å²) < 4.78 is 1.00. The van der Waals surface area contributed by atoms with Crippen LogP contribution >= 0.6 is 11.6 Å². The first-order valence-electron chi connectivity index (χ1n) is 11.0. The number of piperidine rings is 1. The lowest BCUT2D eigenvalue weighted by molar-refractivity contribution is -0.608. The minimum absolute atomic E-state index is 0.120. The zero-order chi connectivity index (χ0) is 22.1. The van der Waals surface area contributed by atoms with Gasteiger partial charge >= 0.3 is 0 Å². The van der Waals surface area contributed by atoms with Crippen molar-refractivity contribution in [1.82, 2.24) is 9.88 Å². The van der Waals surface area contributed by atoms with Gasteiger partial charge < -0.3 is 10.1 Å². The molecule has 162 valence electrons. The van der Waals surface area contributed by atoms with Crippen molar-refractivity contribution in [2.24, 2.45) is 0 Å². The smallest absolute Gasteiger partial charge is 0.227 e. The largest absolute Gasteiger partial charge is 0.618 e. The minimum Gasteiger partial charge on any atom is -0.618 e. The second-order valence-electron chi connectivity index (χ2n) is 8.41. The fourth-order valence-electron chi connectivity index (χ4n) is 4.84. The van der Waals surface area contributed by atoms with Gasteiger partial charge in [0.2, 0.25) is 11.6 Å². The zero-order valence-electron chi connectivity index (χ0n) is 17.8. The topological polar surface area (TPSA) is 60.1 Å². The van der Waals surface area contributed by atoms with Crippen molar-refractivity contribution in [2.75, 3.05) is 13.1 Å². The van der Waals surface area contributed by atoms with Gasteiger partial charge in [-0.15, -0.1) is 0 Å². The Kier molecular flexibility index (Phi) is 5.66. The number of likely N-dealkylation sites (tertiary alicyclic amines) is 1. The van der Waals surface area contributed by atoms with E-state index in [4.69, 9.17) is 11.6 Å². The molecule has 1 aromatic carbocycles. The molecule has 0 bridgehead atoms. The van der Waals surface area contributed by atoms with Gasteiger partial charge in [0, 0.05) is 42.1 Å². The van der Waals surface area contributed by atoms with Crippen LogP contribution in [-0.2, 0) is 24.1 Å². The van der Waals surface area contributed by atoms with Crippen LogP contribution in [0, 0.1) is 5.21 Å². The average Bonchev–Trinajstić information content (AvgIpc) is 2.97. The number of rotatable bonds is 2. The van der Waals surface area contributed by atoms with E-state index in [1.54, 1.807) is 18.6 Å². The molecule has 5 rings (SSSR count). The third-order valence-corrected chi connectivity index (χ3v) is 6.67. The molecule has 3 heterocycles. The van der Waals surface area contributed by atoms with Crippen molar-refractivity contribution in [1.29, 1.82) is 0 Å². The number of halogens is 1. The number of carbonyl (C=O) groups is 1. The molecule has 0 atom stereocenters. The highest BCUT2D eigenvalue weighted by Gasteiger charge is 2.30. The van der Waals surface area contributed by atoms with Gasteiger partial charge in [-0.05, 0) is 66.6 Å². The van der Waals surface area contributed by atoms with Crippen molar-refractivity contribution in [3.8, 4) is 0 Å². The molecule has 0 saturated carbocycles. The predicted octanol–water partition coefficient (Wildman–Crippen LogP) is 4.13. The van der Waals surface area contributed by atoms with Gasteiger partial charge in [0.15, 0.2) is 6.20 Å². The highest BCUT2D eigenvalue weighted by molar-refractivity contribution is 6.30. The summed E-state index contributed by atoms with van der Waals surface area (Å²) in [5.41, 5.74) is 7.26. The number of fused-ring (bicyclic) bond motifs is 2. The molecule has 0 N–H and O–H groups in total. The molecule has 0 radical (unpaired) electrons. The number of aryl methyl sites for hydroxylation is 2. The third kappa shape index (κ3) is 4.00. The number of pyridine rings is 2. The standard InChI is InChI=1S/C26H24ClN3O2/c27-22-7-8-23-21(16-22)6-5-20-4-2-12-30(32)26(20)25(23)19-9-13-29(14-10-19)24(31)15-18-3-1-11-28-17-18/h1-4,7-8,11-12,16-17H,5-6,9-10,13-15H2. The number of hydrogen-bond acceptors (Lipinski definition) is 3. The van der Waals surface area contributed by atoms with E-state index < -0.39 is 0 Å². The maximum absolute atomic E-state index is 12.9. The van der Waals surface area contributed by atoms with Gasteiger partial charge in [-0.1, -0.05) is 29.3 Å². The number of carbonyl (C=O) groups excluding carboxylic acids is 1. The molecule has 32 heavy (non-hydrogen) atoms. The van der Waals surface area contributed by atoms with E-state index in [2.05, 4.69) is 4.98 Å². The molecule has 0 unspecified atom stereocenters. The Hall–Kier alpha value is -3.18. The Morgan fingerprint density at radius 2 is 1.88 bits per heavy atom. The first-order valence-corrected chi connectivity index (χ1v) is 11.4. The Balaban J connectivity index is 1.48. The third-order valence-electron chi connectivity index (χ3n) is 6.43. The fraction of sp³-hybridized carbons (Fsp3) is 0.269. The minimum atomic E-state index is 0.120. The summed E-state index contributed by atoms with van der Waals surface area (Å²) >= 11 is 6.29. The number of aromatic nitrogens is 2. The van der Waals surface area contributed by atoms with Crippen LogP contribution in [-0.4, -0.2) is 28.9 Å². The molecule has 3 aromatic rings. The molecule has 1 saturated heterocycles. The number of amides is 1. The summed E-state index contributed by atoms with van der Waals surface area (Å²) in [7, 11) is 0. The normalized spacial score (nSPS) is 15.7. The quantitative estimate of drug-likeness (QED) is 0.440. The van der Waals surface area contributed by atoms with Crippen LogP contribution in [0.3, 0.4) is 0 Å². The van der Waals surface area contributed by atoms with Crippen molar-refractivity contribution in [3.63, 3.8) is 0 Å². The van der Waals surface area contributed by atoms with Gasteiger partial charge in [0.25, 0.3) is 0 Å². The number of nitrogens with zero attached hydrogens (tertiary/aromatic N) is 3. The summed E-state index contributed by atoms with van der Waals surface area (Å²) in [6.07, 6.45) is 8.56. The summed E-state index contributed by atoms with van der Waals surface area (Å²) in [5, 5.41) is 13.6. The first kappa shape index (κ1) is 20.7. The van der Waals surface area contributed by atoms with Crippen LogP contribution < -0.4 is 4.73 Å². The van der Waals surface area contributed by atoms with E-state index in [-0.39, 0.29) is 5.91 Å². The second kappa shape index (κ2) is 8.75. The lowest BCUT2D eigenvalue weighted by atomic mass is 9.88. The summed E-state index contributed by atoms with van der Waals surface area (Å²) in [4.78, 5) is 18.8. The summed E-state index contributed by atoms with van der Waals surface area (Å²) in [6.45, 7) is 1.31. The number of hydrogen-bond donors (Lipinski definition) is 0. The summed E-state index contributed by atoms with van der Waals surface area (Å²) in [5.74, 6) is 0.120. The second-order valence-corrected chi connectivity index (χ2v) is 8.84. The Morgan fingerprint density at radius 3 is 2.66 bits per heavy atom. The van der Waals surface area contributed by atoms with Gasteiger partial charge in [-0.3, -0.25) is 9.78 Å². The molecule has 2 aliphatic rings. The molecule has 5 nitrogen and oxygen atoms in total. The average molecular weight is 446 g/mol. The molecule has 1 aliphatic carbocycles. The van der Waals surface area contributed by atoms with Crippen LogP contribution in [0.1, 0.15) is 40.8 Å². The molecule has 2 aromatic heterocycles. The van der Waals surface area contributed by atoms with E-state index in [1.807, 2.05) is 47.4 Å². The van der Waals surface area contributed by atoms with E-state index in [0.717, 1.165) is 58.4 Å². The van der Waals surface area contributed by atoms with Crippen molar-refractivity contribution < 1.29 is 9.52 Å². The fourth-order valence-corrected chi connectivity index (χ4v) is 5.03. The van der Waals surface area contributed by atoms with Gasteiger partial charge in [0.1, 0.15) is 0 Å². The Morgan fingerprint density at radius 1 is 1.06 bits per heavy atom. The lowest BCUT2D eigenvalue weighted by Crippen LogP contribution is -2.38. The molecule has 1 fully saturated rings. The molecule has 0 spiro atoms. The molecule has 1 aliphatic heterocycles. The predicted molar refractivity (Wildman–Crippen MR) is 124 cm³/mol. The molecule has 1 amide bonds. The van der Waals surface area contributed by atoms with Gasteiger partial charge in [-0.2, -0.15) is 4.73 Å². The Bertz CT molecular complexity index is 1200. The summed E-state index contributed by atoms with van der Waals surface area (Å²) in [6, 6.07) is 13.6. The van der Waals surface area contributed by atoms with E-state index in [9.17, 15) is 10.0 Å². The Labute approximate surface area is 192 Å². The first-order chi connectivity index (χ1) is 15.6. The van der Waals surface area contributed by atoms with Crippen LogP contribution in [0.5, 0.6) is 0 Å². The molecular formula is C26H24ClN3O2. The molecular weight excluding hydrogens is 422 g/mol. The van der Waals surface area contributed by atoms with Crippen LogP contribution in [0.4, 0.5) is 0 Å². The highest BCUT2D eigenvalue weighted by Crippen LogP contribution is 2.38. The van der Waals surface area contributed by atoms with Crippen molar-refractivity contribution in [2.45, 2.75) is 32.1 Å². The monoisotopic (exact) mass is 445 g/mol. The maximum atomic E-state index is 12.9. The van der Waals surface area contributed by atoms with Crippen molar-refractivity contribution in [3.05, 3.63) is 105 Å². The van der Waals surface area contributed by atoms with Gasteiger partial charge in [0.05, 0.1) is 12.0 Å². The van der Waals surface area contributed by atoms with Crippen LogP contribution in [0.25, 0.3) is 5.57 Å². The van der Waals surface area contributed by atoms with E-state index >= 15 is 0 Å². The lowest BCUT2D eigenvalue weighted by Gasteiger charge is -2.30. The van der Waals surface area contributed by atoms with Crippen molar-refractivity contribution >= 4 is 23.1 Å². The number of benzene rings is 1. The highest BCUT2D eigenvalue weighted by atomic mass is 35.5. The van der Waals surface area contributed by atoms with E-state index in [1.165, 1.54) is 11.1 Å². The van der Waals surface area contributed by atoms with Gasteiger partial charge in [-0.25, -0.2) is 0 Å². The van der Waals surface area contributed by atoms with Crippen LogP contribution in [0.15, 0.2) is 66.6 Å². The zero-order valence-corrected chi connectivity index (χ0v) is 18.5. The maximum Gasteiger partial charge on any atom is 0.227 e. The SMILES string of the molecule is O=C(Cc1cccnc1)N1CCC(=C2c3ccc(Cl)cc3CCc3ccc[n+]([O-])c32)CC1.